The van der Waals surface area contributed by atoms with E-state index >= 15 is 0 Å². The number of ether oxygens (including phenoxy) is 2. The first kappa shape index (κ1) is 25.1. The molecule has 0 aliphatic rings. The smallest absolute Gasteiger partial charge is 0.265 e. The molecule has 0 aliphatic carbocycles. The van der Waals surface area contributed by atoms with Crippen LogP contribution >= 0.6 is 11.6 Å². The van der Waals surface area contributed by atoms with Gasteiger partial charge in [-0.25, -0.2) is 0 Å². The van der Waals surface area contributed by atoms with Gasteiger partial charge in [-0.1, -0.05) is 55.8 Å². The van der Waals surface area contributed by atoms with Gasteiger partial charge in [0.25, 0.3) is 11.8 Å². The number of hydrogen-bond acceptors (Lipinski definition) is 4. The molecule has 2 amide bonds. The number of para-hydroxylation sites is 2. The quantitative estimate of drug-likeness (QED) is 0.358. The maximum Gasteiger partial charge on any atom is 0.265 e. The van der Waals surface area contributed by atoms with E-state index in [1.807, 2.05) is 24.3 Å². The van der Waals surface area contributed by atoms with Crippen molar-refractivity contribution in [2.24, 2.45) is 0 Å². The molecule has 178 valence electrons. The van der Waals surface area contributed by atoms with Crippen LogP contribution in [0.5, 0.6) is 11.5 Å². The average molecular weight is 481 g/mol. The van der Waals surface area contributed by atoms with Crippen molar-refractivity contribution < 1.29 is 19.1 Å². The van der Waals surface area contributed by atoms with Crippen LogP contribution in [0.15, 0.2) is 72.8 Å². The summed E-state index contributed by atoms with van der Waals surface area (Å²) < 4.78 is 11.4. The van der Waals surface area contributed by atoms with Crippen molar-refractivity contribution in [3.8, 4) is 11.5 Å². The third-order valence-corrected chi connectivity index (χ3v) is 5.68. The zero-order chi connectivity index (χ0) is 24.5. The first-order chi connectivity index (χ1) is 16.4. The second-order valence-corrected chi connectivity index (χ2v) is 8.35. The second kappa shape index (κ2) is 12.1. The molecule has 3 aromatic rings. The Hall–Kier alpha value is -3.51. The summed E-state index contributed by atoms with van der Waals surface area (Å²) in [6, 6.07) is 21.6. The van der Waals surface area contributed by atoms with Gasteiger partial charge in [-0.3, -0.25) is 9.59 Å². The van der Waals surface area contributed by atoms with Crippen LogP contribution in [0.25, 0.3) is 0 Å². The normalized spacial score (nSPS) is 12.4. The molecule has 0 saturated heterocycles. The fraction of sp³-hybridized carbons (Fsp3) is 0.259. The number of rotatable bonds is 10. The number of benzene rings is 3. The first-order valence-electron chi connectivity index (χ1n) is 11.2. The maximum atomic E-state index is 12.4. The summed E-state index contributed by atoms with van der Waals surface area (Å²) in [7, 11) is 0. The summed E-state index contributed by atoms with van der Waals surface area (Å²) in [5.41, 5.74) is 2.27. The molecule has 0 aromatic heterocycles. The molecule has 0 spiro atoms. The van der Waals surface area contributed by atoms with Gasteiger partial charge in [0.05, 0.1) is 5.02 Å². The van der Waals surface area contributed by atoms with Gasteiger partial charge >= 0.3 is 0 Å². The monoisotopic (exact) mass is 480 g/mol. The lowest BCUT2D eigenvalue weighted by molar-refractivity contribution is -0.122. The SMILES string of the molecule is CCC(C)c1ccccc1OCC(=O)Nc1ccc(NC(=O)C(C)Oc2ccccc2Cl)cc1. The van der Waals surface area contributed by atoms with Crippen LogP contribution in [0.1, 0.15) is 38.7 Å². The average Bonchev–Trinajstić information content (AvgIpc) is 2.85. The summed E-state index contributed by atoms with van der Waals surface area (Å²) in [5.74, 6) is 0.930. The van der Waals surface area contributed by atoms with Crippen LogP contribution in [0.2, 0.25) is 5.02 Å². The Morgan fingerprint density at radius 1 is 0.853 bits per heavy atom. The lowest BCUT2D eigenvalue weighted by Gasteiger charge is -2.16. The van der Waals surface area contributed by atoms with Crippen LogP contribution in [0.4, 0.5) is 11.4 Å². The van der Waals surface area contributed by atoms with E-state index < -0.39 is 6.10 Å². The van der Waals surface area contributed by atoms with E-state index in [-0.39, 0.29) is 18.4 Å². The van der Waals surface area contributed by atoms with E-state index in [0.717, 1.165) is 17.7 Å². The minimum absolute atomic E-state index is 0.0944. The van der Waals surface area contributed by atoms with Crippen molar-refractivity contribution in [1.29, 1.82) is 0 Å². The number of carbonyl (C=O) groups excluding carboxylic acids is 2. The lowest BCUT2D eigenvalue weighted by Crippen LogP contribution is -2.30. The van der Waals surface area contributed by atoms with Gasteiger partial charge in [-0.05, 0) is 67.3 Å². The molecule has 2 unspecified atom stereocenters. The number of anilines is 2. The van der Waals surface area contributed by atoms with Gasteiger partial charge in [0.2, 0.25) is 0 Å². The van der Waals surface area contributed by atoms with E-state index in [4.69, 9.17) is 21.1 Å². The van der Waals surface area contributed by atoms with Crippen molar-refractivity contribution in [3.05, 3.63) is 83.4 Å². The van der Waals surface area contributed by atoms with Gasteiger partial charge in [0.1, 0.15) is 11.5 Å². The topological polar surface area (TPSA) is 76.7 Å². The number of hydrogen-bond donors (Lipinski definition) is 2. The number of nitrogens with one attached hydrogen (secondary N) is 2. The van der Waals surface area contributed by atoms with Gasteiger partial charge in [0, 0.05) is 11.4 Å². The maximum absolute atomic E-state index is 12.4. The zero-order valence-electron chi connectivity index (χ0n) is 19.5. The molecule has 7 heteroatoms. The second-order valence-electron chi connectivity index (χ2n) is 7.94. The number of halogens is 1. The first-order valence-corrected chi connectivity index (χ1v) is 11.6. The molecule has 0 radical (unpaired) electrons. The molecule has 34 heavy (non-hydrogen) atoms. The molecule has 2 atom stereocenters. The van der Waals surface area contributed by atoms with Gasteiger partial charge in [-0.15, -0.1) is 0 Å². The minimum atomic E-state index is -0.741. The molecule has 6 nitrogen and oxygen atoms in total. The highest BCUT2D eigenvalue weighted by Crippen LogP contribution is 2.28. The lowest BCUT2D eigenvalue weighted by atomic mass is 9.98. The molecule has 0 saturated carbocycles. The Morgan fingerprint density at radius 2 is 1.44 bits per heavy atom. The van der Waals surface area contributed by atoms with Crippen LogP contribution in [-0.4, -0.2) is 24.5 Å². The van der Waals surface area contributed by atoms with Crippen molar-refractivity contribution >= 4 is 34.8 Å². The standard InChI is InChI=1S/C27H29ClN2O4/c1-4-18(2)22-9-5-7-11-24(22)33-17-26(31)29-20-13-15-21(16-14-20)30-27(32)19(3)34-25-12-8-6-10-23(25)28/h5-16,18-19H,4,17H2,1-3H3,(H,29,31)(H,30,32). The van der Waals surface area contributed by atoms with Crippen LogP contribution < -0.4 is 20.1 Å². The molecular weight excluding hydrogens is 452 g/mol. The fourth-order valence-electron chi connectivity index (χ4n) is 3.24. The molecule has 0 bridgehead atoms. The van der Waals surface area contributed by atoms with Crippen LogP contribution in [-0.2, 0) is 9.59 Å². The number of carbonyl (C=O) groups is 2. The minimum Gasteiger partial charge on any atom is -0.483 e. The summed E-state index contributed by atoms with van der Waals surface area (Å²) >= 11 is 6.08. The Bertz CT molecular complexity index is 1120. The number of amides is 2. The third kappa shape index (κ3) is 6.99. The van der Waals surface area contributed by atoms with Crippen molar-refractivity contribution in [2.45, 2.75) is 39.2 Å². The predicted molar refractivity (Wildman–Crippen MR) is 136 cm³/mol. The van der Waals surface area contributed by atoms with Gasteiger partial charge in [0.15, 0.2) is 12.7 Å². The highest BCUT2D eigenvalue weighted by molar-refractivity contribution is 6.32. The summed E-state index contributed by atoms with van der Waals surface area (Å²) in [6.45, 7) is 5.80. The summed E-state index contributed by atoms with van der Waals surface area (Å²) in [6.07, 6.45) is 0.245. The Balaban J connectivity index is 1.50. The van der Waals surface area contributed by atoms with Crippen molar-refractivity contribution in [3.63, 3.8) is 0 Å². The molecule has 0 aliphatic heterocycles. The van der Waals surface area contributed by atoms with Crippen molar-refractivity contribution in [2.75, 3.05) is 17.2 Å². The highest BCUT2D eigenvalue weighted by Gasteiger charge is 2.16. The van der Waals surface area contributed by atoms with E-state index in [2.05, 4.69) is 24.5 Å². The van der Waals surface area contributed by atoms with E-state index in [9.17, 15) is 9.59 Å². The molecule has 3 rings (SSSR count). The zero-order valence-corrected chi connectivity index (χ0v) is 20.3. The summed E-state index contributed by atoms with van der Waals surface area (Å²) in [5, 5.41) is 6.03. The molecule has 0 heterocycles. The Kier molecular flexibility index (Phi) is 8.93. The summed E-state index contributed by atoms with van der Waals surface area (Å²) in [4.78, 5) is 24.8. The van der Waals surface area contributed by atoms with Gasteiger partial charge in [-0.2, -0.15) is 0 Å². The molecule has 0 fully saturated rings. The van der Waals surface area contributed by atoms with E-state index in [0.29, 0.717) is 28.1 Å². The molecule has 3 aromatic carbocycles. The Morgan fingerprint density at radius 3 is 2.09 bits per heavy atom. The van der Waals surface area contributed by atoms with Gasteiger partial charge < -0.3 is 20.1 Å². The largest absolute Gasteiger partial charge is 0.483 e. The van der Waals surface area contributed by atoms with Crippen LogP contribution in [0, 0.1) is 0 Å². The highest BCUT2D eigenvalue weighted by atomic mass is 35.5. The molecule has 2 N–H and O–H groups in total. The van der Waals surface area contributed by atoms with Crippen molar-refractivity contribution in [1.82, 2.24) is 0 Å². The Labute approximate surface area is 205 Å². The fourth-order valence-corrected chi connectivity index (χ4v) is 3.42. The molecular formula is C27H29ClN2O4. The third-order valence-electron chi connectivity index (χ3n) is 5.37. The van der Waals surface area contributed by atoms with E-state index in [1.165, 1.54) is 0 Å². The van der Waals surface area contributed by atoms with E-state index in [1.54, 1.807) is 55.5 Å². The van der Waals surface area contributed by atoms with Crippen LogP contribution in [0.3, 0.4) is 0 Å². The predicted octanol–water partition coefficient (Wildman–Crippen LogP) is 6.28.